The summed E-state index contributed by atoms with van der Waals surface area (Å²) in [6.07, 6.45) is 6.00. The fourth-order valence-electron chi connectivity index (χ4n) is 4.16. The molecule has 2 aromatic carbocycles. The molecule has 1 N–H and O–H groups in total. The van der Waals surface area contributed by atoms with Gasteiger partial charge in [-0.15, -0.1) is 0 Å². The van der Waals surface area contributed by atoms with E-state index in [0.717, 1.165) is 38.2 Å². The van der Waals surface area contributed by atoms with E-state index in [2.05, 4.69) is 65.0 Å². The third-order valence-corrected chi connectivity index (χ3v) is 5.67. The maximum atomic E-state index is 9.71. The van der Waals surface area contributed by atoms with Gasteiger partial charge in [-0.3, -0.25) is 4.90 Å². The Bertz CT molecular complexity index is 948. The molecular weight excluding hydrogens is 356 g/mol. The van der Waals surface area contributed by atoms with Gasteiger partial charge in [-0.1, -0.05) is 61.5 Å². The molecule has 0 fully saturated rings. The summed E-state index contributed by atoms with van der Waals surface area (Å²) in [5.74, 6) is 0.200. The van der Waals surface area contributed by atoms with Crippen molar-refractivity contribution >= 4 is 6.08 Å². The Morgan fingerprint density at radius 2 is 1.52 bits per heavy atom. The average molecular weight is 385 g/mol. The van der Waals surface area contributed by atoms with Gasteiger partial charge in [0.1, 0.15) is 11.4 Å². The minimum atomic E-state index is 0.200. The van der Waals surface area contributed by atoms with Crippen LogP contribution in [0.25, 0.3) is 17.2 Å². The van der Waals surface area contributed by atoms with Crippen molar-refractivity contribution in [3.8, 4) is 16.9 Å². The first-order chi connectivity index (χ1) is 14.2. The minimum absolute atomic E-state index is 0.200. The van der Waals surface area contributed by atoms with E-state index in [1.807, 2.05) is 6.07 Å². The third kappa shape index (κ3) is 4.57. The third-order valence-electron chi connectivity index (χ3n) is 5.67. The van der Waals surface area contributed by atoms with Gasteiger partial charge in [0.05, 0.1) is 0 Å². The van der Waals surface area contributed by atoms with Crippen molar-refractivity contribution in [2.45, 2.75) is 38.8 Å². The summed E-state index contributed by atoms with van der Waals surface area (Å²) in [6.45, 7) is 6.82. The van der Waals surface area contributed by atoms with Crippen molar-refractivity contribution in [1.29, 1.82) is 0 Å². The van der Waals surface area contributed by atoms with Gasteiger partial charge in [-0.2, -0.15) is 0 Å². The molecule has 0 spiro atoms. The van der Waals surface area contributed by atoms with Crippen LogP contribution in [0.15, 0.2) is 67.2 Å². The van der Waals surface area contributed by atoms with E-state index in [9.17, 15) is 5.11 Å². The van der Waals surface area contributed by atoms with Gasteiger partial charge in [0.25, 0.3) is 0 Å². The zero-order valence-electron chi connectivity index (χ0n) is 16.8. The summed E-state index contributed by atoms with van der Waals surface area (Å²) in [5.41, 5.74) is 7.19. The maximum Gasteiger partial charge on any atom is 0.141 e. The van der Waals surface area contributed by atoms with Gasteiger partial charge in [-0.05, 0) is 66.3 Å². The Morgan fingerprint density at radius 3 is 2.17 bits per heavy atom. The number of rotatable bonds is 7. The molecule has 1 aromatic heterocycles. The molecule has 1 aliphatic heterocycles. The first-order valence-electron chi connectivity index (χ1n) is 10.4. The van der Waals surface area contributed by atoms with E-state index < -0.39 is 0 Å². The van der Waals surface area contributed by atoms with Gasteiger partial charge in [0, 0.05) is 18.8 Å². The van der Waals surface area contributed by atoms with Gasteiger partial charge in [0.15, 0.2) is 0 Å². The molecular formula is C26H28N2O. The van der Waals surface area contributed by atoms with E-state index in [0.29, 0.717) is 5.69 Å². The highest BCUT2D eigenvalue weighted by Crippen LogP contribution is 2.32. The number of unbranched alkanes of at least 4 members (excludes halogenated alkanes) is 2. The smallest absolute Gasteiger partial charge is 0.141 e. The van der Waals surface area contributed by atoms with Crippen LogP contribution in [-0.2, 0) is 19.5 Å². The Labute approximate surface area is 173 Å². The predicted octanol–water partition coefficient (Wildman–Crippen LogP) is 5.83. The quantitative estimate of drug-likeness (QED) is 0.521. The molecule has 0 atom stereocenters. The number of nitrogens with zero attached hydrogens (tertiary/aromatic N) is 2. The van der Waals surface area contributed by atoms with Crippen molar-refractivity contribution in [1.82, 2.24) is 9.88 Å². The van der Waals surface area contributed by atoms with Crippen LogP contribution in [0.3, 0.4) is 0 Å². The van der Waals surface area contributed by atoms with Crippen LogP contribution in [0, 0.1) is 0 Å². The Balaban J connectivity index is 1.33. The van der Waals surface area contributed by atoms with Crippen molar-refractivity contribution in [2.75, 3.05) is 6.54 Å². The molecule has 3 nitrogen and oxygen atoms in total. The van der Waals surface area contributed by atoms with Gasteiger partial charge >= 0.3 is 0 Å². The molecule has 0 saturated carbocycles. The molecule has 0 radical (unpaired) electrons. The number of aromatic nitrogens is 1. The first kappa shape index (κ1) is 19.4. The molecule has 4 rings (SSSR count). The normalized spacial score (nSPS) is 13.4. The molecule has 3 aromatic rings. The lowest BCUT2D eigenvalue weighted by Crippen LogP contribution is -2.23. The molecule has 29 heavy (non-hydrogen) atoms. The summed E-state index contributed by atoms with van der Waals surface area (Å²) in [5, 5.41) is 9.71. The zero-order valence-corrected chi connectivity index (χ0v) is 16.8. The van der Waals surface area contributed by atoms with Gasteiger partial charge in [-0.25, -0.2) is 4.98 Å². The lowest BCUT2D eigenvalue weighted by Gasteiger charge is -2.21. The molecule has 0 unspecified atom stereocenters. The van der Waals surface area contributed by atoms with Crippen LogP contribution < -0.4 is 0 Å². The lowest BCUT2D eigenvalue weighted by atomic mass is 9.97. The Hall–Kier alpha value is -2.91. The molecule has 0 aliphatic carbocycles. The topological polar surface area (TPSA) is 36.4 Å². The van der Waals surface area contributed by atoms with E-state index in [1.165, 1.54) is 35.1 Å². The second kappa shape index (κ2) is 9.06. The summed E-state index contributed by atoms with van der Waals surface area (Å²) in [7, 11) is 0. The molecule has 0 saturated heterocycles. The standard InChI is InChI=1S/C26H28N2O/c1-2-25-26(29)16-15-22(27-25)12-4-3-9-17-28-18-20-10-5-7-13-23(20)24-14-8-6-11-21(24)19-28/h2,5-8,10-11,13-16,29H,1,3-4,9,12,17-19H2. The Morgan fingerprint density at radius 1 is 0.862 bits per heavy atom. The van der Waals surface area contributed by atoms with Crippen LogP contribution in [0.1, 0.15) is 41.8 Å². The maximum absolute atomic E-state index is 9.71. The first-order valence-corrected chi connectivity index (χ1v) is 10.4. The van der Waals surface area contributed by atoms with Crippen LogP contribution in [0.5, 0.6) is 5.75 Å². The molecule has 3 heteroatoms. The fourth-order valence-corrected chi connectivity index (χ4v) is 4.16. The van der Waals surface area contributed by atoms with Crippen molar-refractivity contribution < 1.29 is 5.11 Å². The van der Waals surface area contributed by atoms with E-state index in [4.69, 9.17) is 0 Å². The second-order valence-electron chi connectivity index (χ2n) is 7.75. The van der Waals surface area contributed by atoms with Crippen LogP contribution in [0.2, 0.25) is 0 Å². The molecule has 0 bridgehead atoms. The van der Waals surface area contributed by atoms with Crippen molar-refractivity contribution in [2.24, 2.45) is 0 Å². The monoisotopic (exact) mass is 384 g/mol. The predicted molar refractivity (Wildman–Crippen MR) is 120 cm³/mol. The van der Waals surface area contributed by atoms with Crippen molar-refractivity contribution in [3.05, 3.63) is 89.8 Å². The number of aromatic hydroxyl groups is 1. The Kier molecular flexibility index (Phi) is 6.06. The van der Waals surface area contributed by atoms with Crippen LogP contribution >= 0.6 is 0 Å². The molecule has 2 heterocycles. The minimum Gasteiger partial charge on any atom is -0.506 e. The number of pyridine rings is 1. The van der Waals surface area contributed by atoms with Crippen molar-refractivity contribution in [3.63, 3.8) is 0 Å². The largest absolute Gasteiger partial charge is 0.506 e. The summed E-state index contributed by atoms with van der Waals surface area (Å²) in [6, 6.07) is 21.2. The van der Waals surface area contributed by atoms with Crippen LogP contribution in [-0.4, -0.2) is 21.5 Å². The number of benzene rings is 2. The zero-order chi connectivity index (χ0) is 20.1. The lowest BCUT2D eigenvalue weighted by molar-refractivity contribution is 0.253. The van der Waals surface area contributed by atoms with Gasteiger partial charge < -0.3 is 5.11 Å². The summed E-state index contributed by atoms with van der Waals surface area (Å²) < 4.78 is 0. The van der Waals surface area contributed by atoms with Gasteiger partial charge in [0.2, 0.25) is 0 Å². The number of aryl methyl sites for hydroxylation is 1. The highest BCUT2D eigenvalue weighted by Gasteiger charge is 2.18. The average Bonchev–Trinajstić information content (AvgIpc) is 2.91. The number of hydrogen-bond acceptors (Lipinski definition) is 3. The molecule has 0 amide bonds. The van der Waals surface area contributed by atoms with E-state index in [-0.39, 0.29) is 5.75 Å². The summed E-state index contributed by atoms with van der Waals surface area (Å²) in [4.78, 5) is 7.03. The highest BCUT2D eigenvalue weighted by molar-refractivity contribution is 5.71. The highest BCUT2D eigenvalue weighted by atomic mass is 16.3. The SMILES string of the molecule is C=Cc1nc(CCCCCN2Cc3ccccc3-c3ccccc3C2)ccc1O. The fraction of sp³-hybridized carbons (Fsp3) is 0.269. The molecule has 1 aliphatic rings. The second-order valence-corrected chi connectivity index (χ2v) is 7.75. The molecule has 148 valence electrons. The summed E-state index contributed by atoms with van der Waals surface area (Å²) >= 11 is 0. The van der Waals surface area contributed by atoms with E-state index >= 15 is 0 Å². The van der Waals surface area contributed by atoms with Crippen LogP contribution in [0.4, 0.5) is 0 Å². The number of fused-ring (bicyclic) bond motifs is 3. The van der Waals surface area contributed by atoms with E-state index in [1.54, 1.807) is 12.1 Å². The number of hydrogen-bond donors (Lipinski definition) is 1.